The Morgan fingerprint density at radius 1 is 1.08 bits per heavy atom. The standard InChI is InChI=1S/C13H25O12P/c1-5-11(25-26(19,20)21-3)22-4-7(13(5,17)18)24-12-10(16)9(15)8(14)6(2)23-12/h5-12,14-18H,4H2,1-3H3,(H,19,20)/t5?,6?,7-,8+,9+,10?,11-,12-/m1/s1. The monoisotopic (exact) mass is 404 g/mol. The normalized spacial score (nSPS) is 45.9. The second-order valence-electron chi connectivity index (χ2n) is 6.34. The SMILES string of the molecule is COP(=O)(O)O[C@H]1OC[C@@H](O[C@H]2OC(C)[C@H](O)[C@H](O)C2O)C(O)(O)C1C. The van der Waals surface area contributed by atoms with Crippen molar-refractivity contribution in [1.29, 1.82) is 0 Å². The summed E-state index contributed by atoms with van der Waals surface area (Å²) in [6.45, 7) is 2.22. The van der Waals surface area contributed by atoms with Gasteiger partial charge in [0.15, 0.2) is 18.4 Å². The highest BCUT2D eigenvalue weighted by molar-refractivity contribution is 7.47. The number of phosphoric acid groups is 1. The van der Waals surface area contributed by atoms with Crippen LogP contribution in [0.5, 0.6) is 0 Å². The number of rotatable bonds is 5. The lowest BCUT2D eigenvalue weighted by Crippen LogP contribution is -2.64. The molecule has 0 spiro atoms. The van der Waals surface area contributed by atoms with Crippen molar-refractivity contribution in [1.82, 2.24) is 0 Å². The average Bonchev–Trinajstić information content (AvgIpc) is 2.57. The van der Waals surface area contributed by atoms with E-state index in [0.29, 0.717) is 0 Å². The third-order valence-corrected chi connectivity index (χ3v) is 5.47. The molecule has 0 aliphatic carbocycles. The maximum Gasteiger partial charge on any atom is 0.474 e. The van der Waals surface area contributed by atoms with Crippen LogP contribution < -0.4 is 0 Å². The van der Waals surface area contributed by atoms with Gasteiger partial charge in [0.1, 0.15) is 24.4 Å². The third kappa shape index (κ3) is 4.43. The first-order chi connectivity index (χ1) is 11.9. The smallest absolute Gasteiger partial charge is 0.388 e. The van der Waals surface area contributed by atoms with E-state index in [0.717, 1.165) is 7.11 Å². The molecule has 12 nitrogen and oxygen atoms in total. The maximum absolute atomic E-state index is 11.5. The largest absolute Gasteiger partial charge is 0.474 e. The van der Waals surface area contributed by atoms with E-state index >= 15 is 0 Å². The van der Waals surface area contributed by atoms with Gasteiger partial charge in [0, 0.05) is 7.11 Å². The molecule has 0 aromatic rings. The summed E-state index contributed by atoms with van der Waals surface area (Å²) in [5, 5.41) is 50.1. The molecule has 0 saturated carbocycles. The molecule has 2 aliphatic rings. The zero-order chi connectivity index (χ0) is 19.9. The highest BCUT2D eigenvalue weighted by Gasteiger charge is 2.54. The summed E-state index contributed by atoms with van der Waals surface area (Å²) < 4.78 is 36.2. The fourth-order valence-electron chi connectivity index (χ4n) is 2.67. The van der Waals surface area contributed by atoms with Crippen LogP contribution in [0.15, 0.2) is 0 Å². The van der Waals surface area contributed by atoms with Gasteiger partial charge in [-0.1, -0.05) is 6.92 Å². The second kappa shape index (κ2) is 8.03. The number of ether oxygens (including phenoxy) is 3. The van der Waals surface area contributed by atoms with Gasteiger partial charge in [0.2, 0.25) is 0 Å². The van der Waals surface area contributed by atoms with Crippen molar-refractivity contribution in [3.8, 4) is 0 Å². The lowest BCUT2D eigenvalue weighted by molar-refractivity contribution is -0.385. The molecule has 4 unspecified atom stereocenters. The second-order valence-corrected chi connectivity index (χ2v) is 7.85. The number of aliphatic hydroxyl groups is 5. The summed E-state index contributed by atoms with van der Waals surface area (Å²) in [5.74, 6) is -3.85. The minimum atomic E-state index is -4.44. The summed E-state index contributed by atoms with van der Waals surface area (Å²) in [6.07, 6.45) is -9.84. The van der Waals surface area contributed by atoms with E-state index in [1.54, 1.807) is 0 Å². The molecule has 2 fully saturated rings. The molecule has 0 bridgehead atoms. The summed E-state index contributed by atoms with van der Waals surface area (Å²) in [6, 6.07) is 0. The molecule has 9 atom stereocenters. The summed E-state index contributed by atoms with van der Waals surface area (Å²) in [4.78, 5) is 9.34. The van der Waals surface area contributed by atoms with Crippen molar-refractivity contribution in [2.75, 3.05) is 13.7 Å². The predicted octanol–water partition coefficient (Wildman–Crippen LogP) is -2.36. The van der Waals surface area contributed by atoms with Gasteiger partial charge in [-0.15, -0.1) is 0 Å². The van der Waals surface area contributed by atoms with Crippen LogP contribution in [-0.2, 0) is 27.8 Å². The van der Waals surface area contributed by atoms with Crippen LogP contribution in [0, 0.1) is 5.92 Å². The maximum atomic E-state index is 11.5. The van der Waals surface area contributed by atoms with Crippen molar-refractivity contribution >= 4 is 7.82 Å². The molecule has 0 aromatic heterocycles. The van der Waals surface area contributed by atoms with E-state index in [1.165, 1.54) is 13.8 Å². The Hall–Kier alpha value is -0.210. The quantitative estimate of drug-likeness (QED) is 0.212. The number of phosphoric ester groups is 1. The van der Waals surface area contributed by atoms with E-state index in [-0.39, 0.29) is 0 Å². The molecular weight excluding hydrogens is 379 g/mol. The van der Waals surface area contributed by atoms with E-state index in [4.69, 9.17) is 18.7 Å². The van der Waals surface area contributed by atoms with Gasteiger partial charge < -0.3 is 44.6 Å². The van der Waals surface area contributed by atoms with Crippen LogP contribution in [0.3, 0.4) is 0 Å². The Morgan fingerprint density at radius 3 is 2.27 bits per heavy atom. The van der Waals surface area contributed by atoms with Crippen LogP contribution in [0.25, 0.3) is 0 Å². The minimum absolute atomic E-state index is 0.495. The topological polar surface area (TPSA) is 185 Å². The fourth-order valence-corrected chi connectivity index (χ4v) is 3.26. The van der Waals surface area contributed by atoms with Gasteiger partial charge in [-0.05, 0) is 6.92 Å². The molecule has 2 aliphatic heterocycles. The fraction of sp³-hybridized carbons (Fsp3) is 1.00. The van der Waals surface area contributed by atoms with Crippen LogP contribution in [0.1, 0.15) is 13.8 Å². The molecule has 154 valence electrons. The molecule has 2 heterocycles. The zero-order valence-electron chi connectivity index (χ0n) is 14.4. The van der Waals surface area contributed by atoms with Crippen molar-refractivity contribution in [2.24, 2.45) is 5.92 Å². The van der Waals surface area contributed by atoms with E-state index in [2.05, 4.69) is 4.52 Å². The Morgan fingerprint density at radius 2 is 1.69 bits per heavy atom. The molecule has 6 N–H and O–H groups in total. The van der Waals surface area contributed by atoms with Gasteiger partial charge in [0.25, 0.3) is 0 Å². The average molecular weight is 404 g/mol. The molecule has 0 aromatic carbocycles. The summed E-state index contributed by atoms with van der Waals surface area (Å²) in [5.41, 5.74) is 0. The van der Waals surface area contributed by atoms with Crippen molar-refractivity contribution in [3.63, 3.8) is 0 Å². The highest BCUT2D eigenvalue weighted by atomic mass is 31.2. The number of hydrogen-bond acceptors (Lipinski definition) is 11. The molecule has 26 heavy (non-hydrogen) atoms. The van der Waals surface area contributed by atoms with Crippen LogP contribution in [0.2, 0.25) is 0 Å². The Balaban J connectivity index is 2.07. The van der Waals surface area contributed by atoms with Crippen LogP contribution >= 0.6 is 7.82 Å². The predicted molar refractivity (Wildman–Crippen MR) is 81.2 cm³/mol. The third-order valence-electron chi connectivity index (χ3n) is 4.54. The van der Waals surface area contributed by atoms with Gasteiger partial charge in [-0.3, -0.25) is 9.05 Å². The Bertz CT molecular complexity index is 529. The van der Waals surface area contributed by atoms with E-state index < -0.39 is 69.2 Å². The van der Waals surface area contributed by atoms with Gasteiger partial charge in [-0.2, -0.15) is 0 Å². The zero-order valence-corrected chi connectivity index (χ0v) is 15.3. The highest BCUT2D eigenvalue weighted by Crippen LogP contribution is 2.47. The van der Waals surface area contributed by atoms with Crippen molar-refractivity contribution in [2.45, 2.75) is 62.7 Å². The Kier molecular flexibility index (Phi) is 6.82. The van der Waals surface area contributed by atoms with Gasteiger partial charge >= 0.3 is 7.82 Å². The van der Waals surface area contributed by atoms with Gasteiger partial charge in [-0.25, -0.2) is 4.57 Å². The van der Waals surface area contributed by atoms with Crippen molar-refractivity contribution in [3.05, 3.63) is 0 Å². The van der Waals surface area contributed by atoms with Gasteiger partial charge in [0.05, 0.1) is 18.6 Å². The first-order valence-electron chi connectivity index (χ1n) is 7.89. The molecule has 0 amide bonds. The van der Waals surface area contributed by atoms with Crippen LogP contribution in [0.4, 0.5) is 0 Å². The van der Waals surface area contributed by atoms with Crippen LogP contribution in [-0.4, -0.2) is 93.0 Å². The Labute approximate surface area is 149 Å². The number of aliphatic hydroxyl groups excluding tert-OH is 3. The first-order valence-corrected chi connectivity index (χ1v) is 9.38. The summed E-state index contributed by atoms with van der Waals surface area (Å²) in [7, 11) is -3.50. The minimum Gasteiger partial charge on any atom is -0.388 e. The number of hydrogen-bond donors (Lipinski definition) is 6. The summed E-state index contributed by atoms with van der Waals surface area (Å²) >= 11 is 0. The van der Waals surface area contributed by atoms with E-state index in [9.17, 15) is 35.0 Å². The first kappa shape index (κ1) is 22.1. The molecule has 0 radical (unpaired) electrons. The molecule has 13 heteroatoms. The molecule has 2 rings (SSSR count). The molecular formula is C13H25O12P. The lowest BCUT2D eigenvalue weighted by Gasteiger charge is -2.46. The lowest BCUT2D eigenvalue weighted by atomic mass is 9.92. The van der Waals surface area contributed by atoms with E-state index in [1.807, 2.05) is 0 Å². The molecule has 2 saturated heterocycles. The van der Waals surface area contributed by atoms with Crippen molar-refractivity contribution < 1.29 is 58.2 Å².